The van der Waals surface area contributed by atoms with Crippen molar-refractivity contribution in [1.82, 2.24) is 24.7 Å². The molecule has 8 heteroatoms. The number of rotatable bonds is 3. The SMILES string of the molecule is CC1(C)C(O)CC1Nc1nc(Cl)nc(-n2cccn2)n1. The lowest BCUT2D eigenvalue weighted by atomic mass is 9.65. The summed E-state index contributed by atoms with van der Waals surface area (Å²) < 4.78 is 1.51. The standard InChI is InChI=1S/C12H15ClN6O/c1-12(2)7(6-8(12)20)15-10-16-9(13)17-11(18-10)19-5-3-4-14-19/h3-5,7-8,20H,6H2,1-2H3,(H,15,16,17,18). The van der Waals surface area contributed by atoms with Crippen molar-refractivity contribution in [3.63, 3.8) is 0 Å². The van der Waals surface area contributed by atoms with Crippen LogP contribution < -0.4 is 5.32 Å². The van der Waals surface area contributed by atoms with Crippen LogP contribution in [0.1, 0.15) is 20.3 Å². The number of hydrogen-bond donors (Lipinski definition) is 2. The van der Waals surface area contributed by atoms with Gasteiger partial charge in [0.1, 0.15) is 0 Å². The molecular formula is C12H15ClN6O. The zero-order valence-corrected chi connectivity index (χ0v) is 11.9. The Balaban J connectivity index is 1.84. The number of halogens is 1. The molecule has 0 bridgehead atoms. The monoisotopic (exact) mass is 294 g/mol. The largest absolute Gasteiger partial charge is 0.392 e. The lowest BCUT2D eigenvalue weighted by Gasteiger charge is -2.49. The van der Waals surface area contributed by atoms with Crippen molar-refractivity contribution in [2.75, 3.05) is 5.32 Å². The Morgan fingerprint density at radius 2 is 2.20 bits per heavy atom. The Labute approximate surface area is 121 Å². The van der Waals surface area contributed by atoms with E-state index < -0.39 is 0 Å². The summed E-state index contributed by atoms with van der Waals surface area (Å²) in [5.41, 5.74) is -0.217. The molecule has 2 unspecified atom stereocenters. The number of nitrogens with zero attached hydrogens (tertiary/aromatic N) is 5. The van der Waals surface area contributed by atoms with Crippen molar-refractivity contribution in [2.24, 2.45) is 5.41 Å². The molecular weight excluding hydrogens is 280 g/mol. The minimum Gasteiger partial charge on any atom is -0.392 e. The molecule has 0 radical (unpaired) electrons. The highest BCUT2D eigenvalue weighted by Crippen LogP contribution is 2.41. The van der Waals surface area contributed by atoms with Gasteiger partial charge < -0.3 is 10.4 Å². The predicted octanol–water partition coefficient (Wildman–Crippen LogP) is 1.28. The van der Waals surface area contributed by atoms with Crippen molar-refractivity contribution in [1.29, 1.82) is 0 Å². The molecule has 2 aromatic heterocycles. The van der Waals surface area contributed by atoms with E-state index >= 15 is 0 Å². The van der Waals surface area contributed by atoms with Gasteiger partial charge in [0.2, 0.25) is 11.2 Å². The van der Waals surface area contributed by atoms with E-state index in [1.165, 1.54) is 4.68 Å². The van der Waals surface area contributed by atoms with Crippen molar-refractivity contribution >= 4 is 17.5 Å². The molecule has 1 saturated carbocycles. The Morgan fingerprint density at radius 3 is 2.80 bits per heavy atom. The highest BCUT2D eigenvalue weighted by atomic mass is 35.5. The van der Waals surface area contributed by atoms with Crippen LogP contribution in [0.5, 0.6) is 0 Å². The molecule has 0 aromatic carbocycles. The molecule has 2 atom stereocenters. The van der Waals surface area contributed by atoms with Gasteiger partial charge in [0.25, 0.3) is 5.95 Å². The number of aromatic nitrogens is 5. The first-order chi connectivity index (χ1) is 9.46. The topological polar surface area (TPSA) is 88.8 Å². The first kappa shape index (κ1) is 13.3. The van der Waals surface area contributed by atoms with Gasteiger partial charge in [-0.2, -0.15) is 20.1 Å². The quantitative estimate of drug-likeness (QED) is 0.886. The summed E-state index contributed by atoms with van der Waals surface area (Å²) in [6.45, 7) is 3.99. The summed E-state index contributed by atoms with van der Waals surface area (Å²) in [4.78, 5) is 12.4. The van der Waals surface area contributed by atoms with Crippen LogP contribution in [0.2, 0.25) is 5.28 Å². The molecule has 7 nitrogen and oxygen atoms in total. The van der Waals surface area contributed by atoms with Gasteiger partial charge in [0, 0.05) is 23.9 Å². The maximum absolute atomic E-state index is 9.75. The smallest absolute Gasteiger partial charge is 0.256 e. The van der Waals surface area contributed by atoms with Gasteiger partial charge in [-0.25, -0.2) is 4.68 Å². The molecule has 106 valence electrons. The molecule has 20 heavy (non-hydrogen) atoms. The second-order valence-corrected chi connectivity index (χ2v) is 5.79. The summed E-state index contributed by atoms with van der Waals surface area (Å²) in [6.07, 6.45) is 3.71. The maximum Gasteiger partial charge on any atom is 0.256 e. The predicted molar refractivity (Wildman–Crippen MR) is 73.8 cm³/mol. The van der Waals surface area contributed by atoms with E-state index in [-0.39, 0.29) is 22.8 Å². The highest BCUT2D eigenvalue weighted by molar-refractivity contribution is 6.28. The summed E-state index contributed by atoms with van der Waals surface area (Å²) in [6, 6.07) is 1.87. The molecule has 2 aromatic rings. The Morgan fingerprint density at radius 1 is 1.40 bits per heavy atom. The minimum absolute atomic E-state index is 0.0986. The van der Waals surface area contributed by atoms with Crippen LogP contribution in [-0.4, -0.2) is 42.0 Å². The number of aliphatic hydroxyl groups is 1. The lowest BCUT2D eigenvalue weighted by molar-refractivity contribution is -0.0512. The molecule has 3 rings (SSSR count). The zero-order chi connectivity index (χ0) is 14.3. The van der Waals surface area contributed by atoms with Gasteiger partial charge in [-0.1, -0.05) is 13.8 Å². The fraction of sp³-hybridized carbons (Fsp3) is 0.500. The summed E-state index contributed by atoms with van der Waals surface area (Å²) in [5, 5.41) is 17.1. The van der Waals surface area contributed by atoms with E-state index in [9.17, 15) is 5.11 Å². The normalized spacial score (nSPS) is 24.2. The van der Waals surface area contributed by atoms with E-state index in [0.717, 1.165) is 0 Å². The molecule has 2 N–H and O–H groups in total. The molecule has 2 heterocycles. The van der Waals surface area contributed by atoms with E-state index in [1.807, 2.05) is 13.8 Å². The third kappa shape index (κ3) is 2.23. The number of hydrogen-bond acceptors (Lipinski definition) is 6. The van der Waals surface area contributed by atoms with Crippen LogP contribution in [0.25, 0.3) is 5.95 Å². The molecule has 0 amide bonds. The van der Waals surface area contributed by atoms with E-state index in [0.29, 0.717) is 18.3 Å². The first-order valence-electron chi connectivity index (χ1n) is 6.33. The van der Waals surface area contributed by atoms with Gasteiger partial charge in [0.05, 0.1) is 6.10 Å². The molecule has 1 aliphatic rings. The Kier molecular flexibility index (Phi) is 3.10. The Bertz CT molecular complexity index is 614. The fourth-order valence-corrected chi connectivity index (χ4v) is 2.35. The number of nitrogens with one attached hydrogen (secondary N) is 1. The fourth-order valence-electron chi connectivity index (χ4n) is 2.20. The maximum atomic E-state index is 9.75. The van der Waals surface area contributed by atoms with Crippen molar-refractivity contribution in [3.8, 4) is 5.95 Å². The van der Waals surface area contributed by atoms with Crippen molar-refractivity contribution in [3.05, 3.63) is 23.7 Å². The van der Waals surface area contributed by atoms with Gasteiger partial charge >= 0.3 is 0 Å². The van der Waals surface area contributed by atoms with E-state index in [2.05, 4.69) is 25.4 Å². The van der Waals surface area contributed by atoms with Crippen molar-refractivity contribution in [2.45, 2.75) is 32.4 Å². The van der Waals surface area contributed by atoms with Crippen LogP contribution in [0.15, 0.2) is 18.5 Å². The molecule has 0 aliphatic heterocycles. The number of aliphatic hydroxyl groups excluding tert-OH is 1. The van der Waals surface area contributed by atoms with Gasteiger partial charge in [-0.05, 0) is 24.1 Å². The first-order valence-corrected chi connectivity index (χ1v) is 6.71. The summed E-state index contributed by atoms with van der Waals surface area (Å²) >= 11 is 5.92. The third-order valence-corrected chi connectivity index (χ3v) is 3.99. The molecule has 0 saturated heterocycles. The van der Waals surface area contributed by atoms with Gasteiger partial charge in [-0.3, -0.25) is 0 Å². The minimum atomic E-state index is -0.317. The highest BCUT2D eigenvalue weighted by Gasteiger charge is 2.47. The second kappa shape index (κ2) is 4.68. The van der Waals surface area contributed by atoms with E-state index in [1.54, 1.807) is 18.5 Å². The van der Waals surface area contributed by atoms with Gasteiger partial charge in [-0.15, -0.1) is 0 Å². The summed E-state index contributed by atoms with van der Waals surface area (Å²) in [5.74, 6) is 0.746. The van der Waals surface area contributed by atoms with Crippen molar-refractivity contribution < 1.29 is 5.11 Å². The lowest BCUT2D eigenvalue weighted by Crippen LogP contribution is -2.57. The third-order valence-electron chi connectivity index (χ3n) is 3.82. The van der Waals surface area contributed by atoms with E-state index in [4.69, 9.17) is 11.6 Å². The van der Waals surface area contributed by atoms with Crippen LogP contribution in [0, 0.1) is 5.41 Å². The molecule has 1 aliphatic carbocycles. The average molecular weight is 295 g/mol. The van der Waals surface area contributed by atoms with Crippen LogP contribution in [0.3, 0.4) is 0 Å². The Hall–Kier alpha value is -1.73. The second-order valence-electron chi connectivity index (χ2n) is 5.45. The summed E-state index contributed by atoms with van der Waals surface area (Å²) in [7, 11) is 0. The average Bonchev–Trinajstić information content (AvgIpc) is 2.91. The van der Waals surface area contributed by atoms with Crippen LogP contribution in [0.4, 0.5) is 5.95 Å². The molecule has 1 fully saturated rings. The molecule has 0 spiro atoms. The zero-order valence-electron chi connectivity index (χ0n) is 11.2. The number of anilines is 1. The van der Waals surface area contributed by atoms with Gasteiger partial charge in [0.15, 0.2) is 0 Å². The van der Waals surface area contributed by atoms with Crippen LogP contribution >= 0.6 is 11.6 Å². The van der Waals surface area contributed by atoms with Crippen LogP contribution in [-0.2, 0) is 0 Å².